The summed E-state index contributed by atoms with van der Waals surface area (Å²) in [5, 5.41) is 0. The van der Waals surface area contributed by atoms with Gasteiger partial charge >= 0.3 is 0 Å². The standard InChI is InChI=1S/C10H9FN2O2/c11-6-4-13(5-6)10(14)8-3-9-7(12-8)1-2-15-9/h1-3,6,12H,4-5H2. The number of nitrogens with zero attached hydrogens (tertiary/aromatic N) is 1. The Morgan fingerprint density at radius 1 is 1.60 bits per heavy atom. The minimum absolute atomic E-state index is 0.171. The van der Waals surface area contributed by atoms with Crippen LogP contribution in [0.2, 0.25) is 0 Å². The lowest BCUT2D eigenvalue weighted by atomic mass is 10.2. The fourth-order valence-corrected chi connectivity index (χ4v) is 1.72. The van der Waals surface area contributed by atoms with Gasteiger partial charge in [0.15, 0.2) is 5.58 Å². The average Bonchev–Trinajstić information content (AvgIpc) is 2.70. The van der Waals surface area contributed by atoms with Crippen molar-refractivity contribution in [1.82, 2.24) is 9.88 Å². The Morgan fingerprint density at radius 3 is 3.07 bits per heavy atom. The van der Waals surface area contributed by atoms with Crippen molar-refractivity contribution < 1.29 is 13.6 Å². The van der Waals surface area contributed by atoms with E-state index in [0.29, 0.717) is 11.3 Å². The normalized spacial score (nSPS) is 17.0. The van der Waals surface area contributed by atoms with Crippen LogP contribution in [0, 0.1) is 0 Å². The van der Waals surface area contributed by atoms with Gasteiger partial charge in [-0.2, -0.15) is 0 Å². The minimum Gasteiger partial charge on any atom is -0.463 e. The van der Waals surface area contributed by atoms with Gasteiger partial charge in [-0.1, -0.05) is 0 Å². The first-order chi connectivity index (χ1) is 7.24. The largest absolute Gasteiger partial charge is 0.463 e. The molecule has 0 saturated carbocycles. The lowest BCUT2D eigenvalue weighted by Crippen LogP contribution is -2.51. The number of furan rings is 1. The average molecular weight is 208 g/mol. The molecule has 78 valence electrons. The maximum absolute atomic E-state index is 12.6. The third-order valence-corrected chi connectivity index (χ3v) is 2.59. The molecule has 0 bridgehead atoms. The van der Waals surface area contributed by atoms with Gasteiger partial charge in [0.25, 0.3) is 5.91 Å². The lowest BCUT2D eigenvalue weighted by molar-refractivity contribution is 0.0395. The van der Waals surface area contributed by atoms with Crippen LogP contribution >= 0.6 is 0 Å². The number of halogens is 1. The van der Waals surface area contributed by atoms with Gasteiger partial charge in [0.1, 0.15) is 11.9 Å². The highest BCUT2D eigenvalue weighted by molar-refractivity contribution is 5.97. The van der Waals surface area contributed by atoms with Crippen molar-refractivity contribution >= 4 is 17.0 Å². The minimum atomic E-state index is -0.869. The fraction of sp³-hybridized carbons (Fsp3) is 0.300. The molecule has 1 aliphatic rings. The van der Waals surface area contributed by atoms with E-state index in [4.69, 9.17) is 4.42 Å². The lowest BCUT2D eigenvalue weighted by Gasteiger charge is -2.33. The Labute approximate surface area is 84.7 Å². The van der Waals surface area contributed by atoms with E-state index in [2.05, 4.69) is 4.98 Å². The second kappa shape index (κ2) is 2.85. The summed E-state index contributed by atoms with van der Waals surface area (Å²) in [5.41, 5.74) is 1.89. The molecule has 0 unspecified atom stereocenters. The van der Waals surface area contributed by atoms with Crippen LogP contribution in [0.5, 0.6) is 0 Å². The molecule has 0 atom stereocenters. The number of likely N-dealkylation sites (tertiary alicyclic amines) is 1. The number of carbonyl (C=O) groups is 1. The molecule has 0 aliphatic carbocycles. The third-order valence-electron chi connectivity index (χ3n) is 2.59. The van der Waals surface area contributed by atoms with Crippen LogP contribution in [-0.2, 0) is 0 Å². The van der Waals surface area contributed by atoms with Crippen LogP contribution < -0.4 is 0 Å². The zero-order chi connectivity index (χ0) is 10.4. The summed E-state index contributed by atoms with van der Waals surface area (Å²) in [6.45, 7) is 0.387. The van der Waals surface area contributed by atoms with Crippen LogP contribution in [0.3, 0.4) is 0 Å². The second-order valence-electron chi connectivity index (χ2n) is 3.69. The van der Waals surface area contributed by atoms with Gasteiger partial charge < -0.3 is 14.3 Å². The highest BCUT2D eigenvalue weighted by Gasteiger charge is 2.31. The third kappa shape index (κ3) is 1.23. The van der Waals surface area contributed by atoms with E-state index < -0.39 is 6.17 Å². The summed E-state index contributed by atoms with van der Waals surface area (Å²) < 4.78 is 17.7. The van der Waals surface area contributed by atoms with Crippen molar-refractivity contribution in [2.24, 2.45) is 0 Å². The van der Waals surface area contributed by atoms with Gasteiger partial charge in [0.2, 0.25) is 0 Å². The number of hydrogen-bond acceptors (Lipinski definition) is 2. The maximum Gasteiger partial charge on any atom is 0.270 e. The van der Waals surface area contributed by atoms with Gasteiger partial charge in [-0.3, -0.25) is 4.79 Å². The SMILES string of the molecule is O=C(c1cc2occc2[nH]1)N1CC(F)C1. The quantitative estimate of drug-likeness (QED) is 0.773. The number of alkyl halides is 1. The summed E-state index contributed by atoms with van der Waals surface area (Å²) in [5.74, 6) is -0.171. The van der Waals surface area contributed by atoms with Crippen LogP contribution in [0.4, 0.5) is 4.39 Å². The molecule has 2 aromatic heterocycles. The van der Waals surface area contributed by atoms with Gasteiger partial charge in [0.05, 0.1) is 24.9 Å². The van der Waals surface area contributed by atoms with E-state index in [1.54, 1.807) is 18.4 Å². The smallest absolute Gasteiger partial charge is 0.270 e. The second-order valence-corrected chi connectivity index (χ2v) is 3.69. The molecule has 2 aromatic rings. The highest BCUT2D eigenvalue weighted by Crippen LogP contribution is 2.20. The number of H-pyrrole nitrogens is 1. The van der Waals surface area contributed by atoms with Crippen LogP contribution in [0.15, 0.2) is 22.8 Å². The molecule has 0 radical (unpaired) electrons. The number of nitrogens with one attached hydrogen (secondary N) is 1. The Morgan fingerprint density at radius 2 is 2.40 bits per heavy atom. The summed E-state index contributed by atoms with van der Waals surface area (Å²) >= 11 is 0. The van der Waals surface area contributed by atoms with Crippen molar-refractivity contribution in [2.45, 2.75) is 6.17 Å². The Kier molecular flexibility index (Phi) is 1.62. The molecule has 0 aromatic carbocycles. The number of hydrogen-bond donors (Lipinski definition) is 1. The summed E-state index contributed by atoms with van der Waals surface area (Å²) in [7, 11) is 0. The van der Waals surface area contributed by atoms with Gasteiger partial charge in [-0.15, -0.1) is 0 Å². The van der Waals surface area contributed by atoms with E-state index in [9.17, 15) is 9.18 Å². The van der Waals surface area contributed by atoms with E-state index in [0.717, 1.165) is 5.52 Å². The molecule has 1 N–H and O–H groups in total. The van der Waals surface area contributed by atoms with Crippen LogP contribution in [0.1, 0.15) is 10.5 Å². The van der Waals surface area contributed by atoms with Crippen molar-refractivity contribution in [3.8, 4) is 0 Å². The zero-order valence-electron chi connectivity index (χ0n) is 7.87. The molecule has 0 spiro atoms. The topological polar surface area (TPSA) is 49.2 Å². The van der Waals surface area contributed by atoms with Crippen molar-refractivity contribution in [2.75, 3.05) is 13.1 Å². The van der Waals surface area contributed by atoms with Crippen molar-refractivity contribution in [1.29, 1.82) is 0 Å². The van der Waals surface area contributed by atoms with Gasteiger partial charge in [-0.25, -0.2) is 4.39 Å². The number of rotatable bonds is 1. The Bertz CT molecular complexity index is 482. The molecule has 5 heteroatoms. The molecule has 3 rings (SSSR count). The maximum atomic E-state index is 12.6. The fourth-order valence-electron chi connectivity index (χ4n) is 1.72. The van der Waals surface area contributed by atoms with E-state index in [-0.39, 0.29) is 19.0 Å². The summed E-state index contributed by atoms with van der Waals surface area (Å²) in [6, 6.07) is 3.39. The molecular weight excluding hydrogens is 199 g/mol. The van der Waals surface area contributed by atoms with Gasteiger partial charge in [0, 0.05) is 12.1 Å². The molecule has 1 aliphatic heterocycles. The number of fused-ring (bicyclic) bond motifs is 1. The molecule has 1 amide bonds. The van der Waals surface area contributed by atoms with Crippen molar-refractivity contribution in [3.63, 3.8) is 0 Å². The van der Waals surface area contributed by atoms with Crippen LogP contribution in [0.25, 0.3) is 11.1 Å². The zero-order valence-corrected chi connectivity index (χ0v) is 7.87. The molecule has 1 fully saturated rings. The van der Waals surface area contributed by atoms with E-state index in [1.807, 2.05) is 0 Å². The van der Waals surface area contributed by atoms with E-state index in [1.165, 1.54) is 4.90 Å². The summed E-state index contributed by atoms with van der Waals surface area (Å²) in [6.07, 6.45) is 0.684. The summed E-state index contributed by atoms with van der Waals surface area (Å²) in [4.78, 5) is 16.1. The Balaban J connectivity index is 1.87. The first-order valence-corrected chi connectivity index (χ1v) is 4.73. The molecule has 4 nitrogen and oxygen atoms in total. The predicted octanol–water partition coefficient (Wildman–Crippen LogP) is 1.55. The van der Waals surface area contributed by atoms with Crippen LogP contribution in [-0.4, -0.2) is 35.1 Å². The highest BCUT2D eigenvalue weighted by atomic mass is 19.1. The van der Waals surface area contributed by atoms with Gasteiger partial charge in [-0.05, 0) is 0 Å². The monoisotopic (exact) mass is 208 g/mol. The predicted molar refractivity (Wildman–Crippen MR) is 51.4 cm³/mol. The number of aromatic nitrogens is 1. The van der Waals surface area contributed by atoms with Crippen molar-refractivity contribution in [3.05, 3.63) is 24.1 Å². The molecule has 15 heavy (non-hydrogen) atoms. The molecule has 1 saturated heterocycles. The molecular formula is C10H9FN2O2. The number of aromatic amines is 1. The first kappa shape index (κ1) is 8.52. The number of carbonyl (C=O) groups excluding carboxylic acids is 1. The van der Waals surface area contributed by atoms with E-state index >= 15 is 0 Å². The first-order valence-electron chi connectivity index (χ1n) is 4.73. The number of amides is 1. The molecule has 3 heterocycles. The Hall–Kier alpha value is -1.78.